The molecule has 0 unspecified atom stereocenters. The lowest BCUT2D eigenvalue weighted by Crippen LogP contribution is -2.16. The molecule has 3 rings (SSSR count). The van der Waals surface area contributed by atoms with Gasteiger partial charge in [0.05, 0.1) is 18.4 Å². The van der Waals surface area contributed by atoms with Crippen LogP contribution in [0, 0.1) is 5.82 Å². The molecule has 0 spiro atoms. The Morgan fingerprint density at radius 3 is 2.38 bits per heavy atom. The summed E-state index contributed by atoms with van der Waals surface area (Å²) in [6.07, 6.45) is 1.87. The van der Waals surface area contributed by atoms with Gasteiger partial charge >= 0.3 is 0 Å². The predicted octanol–water partition coefficient (Wildman–Crippen LogP) is 5.29. The predicted molar refractivity (Wildman–Crippen MR) is 111 cm³/mol. The quantitative estimate of drug-likeness (QED) is 0.531. The molecule has 0 radical (unpaired) electrons. The summed E-state index contributed by atoms with van der Waals surface area (Å²) in [6.45, 7) is 0. The van der Waals surface area contributed by atoms with E-state index in [9.17, 15) is 14.0 Å². The van der Waals surface area contributed by atoms with Gasteiger partial charge in [-0.1, -0.05) is 42.5 Å². The summed E-state index contributed by atoms with van der Waals surface area (Å²) in [5.74, 6) is -1.04. The third-order valence-electron chi connectivity index (χ3n) is 4.61. The van der Waals surface area contributed by atoms with E-state index in [-0.39, 0.29) is 11.3 Å². The minimum atomic E-state index is -0.687. The minimum absolute atomic E-state index is 0.0629. The van der Waals surface area contributed by atoms with Crippen LogP contribution in [0.15, 0.2) is 72.8 Å². The first-order valence-corrected chi connectivity index (χ1v) is 9.39. The number of ketones is 1. The van der Waals surface area contributed by atoms with Crippen LogP contribution in [0.5, 0.6) is 5.75 Å². The van der Waals surface area contributed by atoms with Gasteiger partial charge in [-0.25, -0.2) is 4.39 Å². The lowest BCUT2D eigenvalue weighted by atomic mass is 10.0. The summed E-state index contributed by atoms with van der Waals surface area (Å²) in [4.78, 5) is 25.2. The molecule has 1 amide bonds. The maximum Gasteiger partial charge on any atom is 0.258 e. The number of hydrogen-bond donors (Lipinski definition) is 1. The zero-order valence-electron chi connectivity index (χ0n) is 16.2. The molecule has 0 bridgehead atoms. The standard InChI is InChI=1S/C24H22FNO3/c1-29-18-14-15-19(21(25)16-18)24(28)26-22-12-6-5-11-20(22)23(27)13-7-10-17-8-3-2-4-9-17/h2-6,8-9,11-12,14-16H,7,10,13H2,1H3,(H,26,28). The Bertz CT molecular complexity index is 1000. The van der Waals surface area contributed by atoms with Crippen molar-refractivity contribution in [3.63, 3.8) is 0 Å². The first kappa shape index (κ1) is 20.3. The van der Waals surface area contributed by atoms with Crippen molar-refractivity contribution in [1.82, 2.24) is 0 Å². The lowest BCUT2D eigenvalue weighted by Gasteiger charge is -2.11. The monoisotopic (exact) mass is 391 g/mol. The van der Waals surface area contributed by atoms with Crippen LogP contribution < -0.4 is 10.1 Å². The summed E-state index contributed by atoms with van der Waals surface area (Å²) >= 11 is 0. The van der Waals surface area contributed by atoms with Gasteiger partial charge in [-0.3, -0.25) is 9.59 Å². The number of rotatable bonds is 8. The second-order valence-corrected chi connectivity index (χ2v) is 6.61. The second-order valence-electron chi connectivity index (χ2n) is 6.61. The maximum absolute atomic E-state index is 14.2. The van der Waals surface area contributed by atoms with Crippen LogP contribution >= 0.6 is 0 Å². The number of Topliss-reactive ketones (excluding diaryl/α,β-unsaturated/α-hetero) is 1. The van der Waals surface area contributed by atoms with Crippen molar-refractivity contribution in [2.24, 2.45) is 0 Å². The van der Waals surface area contributed by atoms with Crippen molar-refractivity contribution in [2.45, 2.75) is 19.3 Å². The van der Waals surface area contributed by atoms with Crippen molar-refractivity contribution in [2.75, 3.05) is 12.4 Å². The van der Waals surface area contributed by atoms with E-state index in [1.54, 1.807) is 24.3 Å². The molecule has 0 heterocycles. The number of para-hydroxylation sites is 1. The highest BCUT2D eigenvalue weighted by Gasteiger charge is 2.17. The summed E-state index contributed by atoms with van der Waals surface area (Å²) in [5, 5.41) is 2.65. The molecule has 0 atom stereocenters. The number of amides is 1. The van der Waals surface area contributed by atoms with Crippen LogP contribution in [0.2, 0.25) is 0 Å². The molecule has 0 aromatic heterocycles. The highest BCUT2D eigenvalue weighted by molar-refractivity contribution is 6.09. The van der Waals surface area contributed by atoms with Gasteiger partial charge in [-0.2, -0.15) is 0 Å². The van der Waals surface area contributed by atoms with E-state index in [0.717, 1.165) is 12.5 Å². The van der Waals surface area contributed by atoms with Gasteiger partial charge in [-0.05, 0) is 42.7 Å². The van der Waals surface area contributed by atoms with Crippen LogP contribution in [0.25, 0.3) is 0 Å². The van der Waals surface area contributed by atoms with E-state index in [2.05, 4.69) is 5.32 Å². The molecule has 3 aromatic carbocycles. The Hall–Kier alpha value is -3.47. The van der Waals surface area contributed by atoms with Crippen molar-refractivity contribution in [3.8, 4) is 5.75 Å². The van der Waals surface area contributed by atoms with E-state index in [0.29, 0.717) is 29.8 Å². The number of ether oxygens (including phenoxy) is 1. The van der Waals surface area contributed by atoms with Gasteiger partial charge in [0.25, 0.3) is 5.91 Å². The number of carbonyl (C=O) groups excluding carboxylic acids is 2. The number of carbonyl (C=O) groups is 2. The molecule has 0 saturated heterocycles. The normalized spacial score (nSPS) is 10.4. The third kappa shape index (κ3) is 5.29. The number of halogens is 1. The van der Waals surface area contributed by atoms with Crippen molar-refractivity contribution in [1.29, 1.82) is 0 Å². The number of benzene rings is 3. The third-order valence-corrected chi connectivity index (χ3v) is 4.61. The van der Waals surface area contributed by atoms with Crippen molar-refractivity contribution >= 4 is 17.4 Å². The smallest absolute Gasteiger partial charge is 0.258 e. The Labute approximate surface area is 169 Å². The van der Waals surface area contributed by atoms with E-state index in [1.807, 2.05) is 30.3 Å². The van der Waals surface area contributed by atoms with Gasteiger partial charge < -0.3 is 10.1 Å². The molecule has 0 saturated carbocycles. The van der Waals surface area contributed by atoms with E-state index in [1.165, 1.54) is 24.8 Å². The minimum Gasteiger partial charge on any atom is -0.497 e. The van der Waals surface area contributed by atoms with E-state index >= 15 is 0 Å². The van der Waals surface area contributed by atoms with Gasteiger partial charge in [-0.15, -0.1) is 0 Å². The van der Waals surface area contributed by atoms with Gasteiger partial charge in [0.1, 0.15) is 11.6 Å². The number of hydrogen-bond acceptors (Lipinski definition) is 3. The maximum atomic E-state index is 14.2. The summed E-state index contributed by atoms with van der Waals surface area (Å²) in [5.41, 5.74) is 1.86. The zero-order valence-corrected chi connectivity index (χ0v) is 16.2. The summed E-state index contributed by atoms with van der Waals surface area (Å²) < 4.78 is 19.1. The number of aryl methyl sites for hydroxylation is 1. The highest BCUT2D eigenvalue weighted by Crippen LogP contribution is 2.21. The van der Waals surface area contributed by atoms with Crippen molar-refractivity contribution in [3.05, 3.63) is 95.3 Å². The average Bonchev–Trinajstić information content (AvgIpc) is 2.74. The molecule has 0 fully saturated rings. The van der Waals surface area contributed by atoms with Crippen LogP contribution in [-0.2, 0) is 6.42 Å². The Morgan fingerprint density at radius 1 is 0.931 bits per heavy atom. The first-order valence-electron chi connectivity index (χ1n) is 9.39. The van der Waals surface area contributed by atoms with Crippen LogP contribution in [0.4, 0.5) is 10.1 Å². The fraction of sp³-hybridized carbons (Fsp3) is 0.167. The second kappa shape index (κ2) is 9.64. The van der Waals surface area contributed by atoms with Crippen LogP contribution in [-0.4, -0.2) is 18.8 Å². The summed E-state index contributed by atoms with van der Waals surface area (Å²) in [7, 11) is 1.42. The molecular weight excluding hydrogens is 369 g/mol. The average molecular weight is 391 g/mol. The Kier molecular flexibility index (Phi) is 6.74. The zero-order chi connectivity index (χ0) is 20.6. The van der Waals surface area contributed by atoms with Gasteiger partial charge in [0.2, 0.25) is 0 Å². The Balaban J connectivity index is 1.68. The highest BCUT2D eigenvalue weighted by atomic mass is 19.1. The van der Waals surface area contributed by atoms with Gasteiger partial charge in [0, 0.05) is 18.1 Å². The molecule has 0 aliphatic rings. The fourth-order valence-corrected chi connectivity index (χ4v) is 3.06. The number of nitrogens with one attached hydrogen (secondary N) is 1. The molecule has 0 aliphatic carbocycles. The largest absolute Gasteiger partial charge is 0.497 e. The molecule has 4 nitrogen and oxygen atoms in total. The van der Waals surface area contributed by atoms with E-state index in [4.69, 9.17) is 4.74 Å². The lowest BCUT2D eigenvalue weighted by molar-refractivity contribution is 0.0981. The first-order chi connectivity index (χ1) is 14.1. The Morgan fingerprint density at radius 2 is 1.66 bits per heavy atom. The van der Waals surface area contributed by atoms with Gasteiger partial charge in [0.15, 0.2) is 5.78 Å². The molecule has 5 heteroatoms. The SMILES string of the molecule is COc1ccc(C(=O)Nc2ccccc2C(=O)CCCc2ccccc2)c(F)c1. The van der Waals surface area contributed by atoms with Crippen LogP contribution in [0.3, 0.4) is 0 Å². The topological polar surface area (TPSA) is 55.4 Å². The molecule has 148 valence electrons. The van der Waals surface area contributed by atoms with Crippen LogP contribution in [0.1, 0.15) is 39.1 Å². The van der Waals surface area contributed by atoms with Crippen molar-refractivity contribution < 1.29 is 18.7 Å². The van der Waals surface area contributed by atoms with E-state index < -0.39 is 11.7 Å². The molecule has 29 heavy (non-hydrogen) atoms. The fourth-order valence-electron chi connectivity index (χ4n) is 3.06. The summed E-state index contributed by atoms with van der Waals surface area (Å²) in [6, 6.07) is 20.8. The number of anilines is 1. The molecular formula is C24H22FNO3. The molecule has 3 aromatic rings. The number of methoxy groups -OCH3 is 1. The molecule has 1 N–H and O–H groups in total. The molecule has 0 aliphatic heterocycles.